The summed E-state index contributed by atoms with van der Waals surface area (Å²) in [4.78, 5) is 19.9. The molecule has 0 spiro atoms. The monoisotopic (exact) mass is 284 g/mol. The largest absolute Gasteiger partial charge is 0.370 e. The van der Waals surface area contributed by atoms with Crippen LogP contribution >= 0.6 is 0 Å². The van der Waals surface area contributed by atoms with Gasteiger partial charge in [-0.25, -0.2) is 0 Å². The van der Waals surface area contributed by atoms with E-state index in [9.17, 15) is 4.79 Å². The number of nitrogens with zero attached hydrogens (tertiary/aromatic N) is 2. The van der Waals surface area contributed by atoms with Gasteiger partial charge in [0, 0.05) is 12.8 Å². The smallest absolute Gasteiger partial charge is 0.185 e. The Morgan fingerprint density at radius 3 is 2.86 bits per heavy atom. The number of benzene rings is 1. The Labute approximate surface area is 124 Å². The van der Waals surface area contributed by atoms with Crippen LogP contribution in [0.15, 0.2) is 40.3 Å². The zero-order valence-electron chi connectivity index (χ0n) is 11.9. The molecule has 1 aromatic carbocycles. The SMILES string of the molecule is NC(N)=NCCCCC1(C=O)C=Cc2ccccc2N=C1. The number of para-hydroxylation sites is 1. The number of unbranched alkanes of at least 4 members (excludes halogenated alkanes) is 1. The third-order valence-corrected chi connectivity index (χ3v) is 3.49. The van der Waals surface area contributed by atoms with Crippen molar-refractivity contribution in [3.8, 4) is 0 Å². The van der Waals surface area contributed by atoms with E-state index in [2.05, 4.69) is 9.98 Å². The minimum Gasteiger partial charge on any atom is -0.370 e. The van der Waals surface area contributed by atoms with E-state index in [1.807, 2.05) is 36.4 Å². The molecule has 5 nitrogen and oxygen atoms in total. The molecule has 1 aliphatic rings. The van der Waals surface area contributed by atoms with E-state index in [4.69, 9.17) is 11.5 Å². The van der Waals surface area contributed by atoms with Crippen LogP contribution in [-0.4, -0.2) is 25.0 Å². The lowest BCUT2D eigenvalue weighted by Gasteiger charge is -2.17. The van der Waals surface area contributed by atoms with Crippen LogP contribution < -0.4 is 11.5 Å². The number of hydrogen-bond donors (Lipinski definition) is 2. The van der Waals surface area contributed by atoms with Crippen molar-refractivity contribution in [2.75, 3.05) is 6.54 Å². The summed E-state index contributed by atoms with van der Waals surface area (Å²) in [5.41, 5.74) is 11.8. The quantitative estimate of drug-likeness (QED) is 0.362. The number of aldehydes is 1. The number of hydrogen-bond acceptors (Lipinski definition) is 3. The zero-order chi connectivity index (χ0) is 15.1. The summed E-state index contributed by atoms with van der Waals surface area (Å²) in [7, 11) is 0. The third kappa shape index (κ3) is 4.02. The molecule has 110 valence electrons. The van der Waals surface area contributed by atoms with E-state index in [1.54, 1.807) is 6.21 Å². The lowest BCUT2D eigenvalue weighted by molar-refractivity contribution is -0.111. The first-order valence-corrected chi connectivity index (χ1v) is 7.00. The van der Waals surface area contributed by atoms with Crippen molar-refractivity contribution < 1.29 is 4.79 Å². The molecule has 1 atom stereocenters. The predicted molar refractivity (Wildman–Crippen MR) is 86.7 cm³/mol. The van der Waals surface area contributed by atoms with E-state index in [1.165, 1.54) is 0 Å². The molecule has 0 saturated heterocycles. The molecule has 0 saturated carbocycles. The number of aliphatic imine (C=N–C) groups is 2. The number of fused-ring (bicyclic) bond motifs is 1. The van der Waals surface area contributed by atoms with Crippen LogP contribution in [0.5, 0.6) is 0 Å². The van der Waals surface area contributed by atoms with Crippen LogP contribution in [0.2, 0.25) is 0 Å². The van der Waals surface area contributed by atoms with E-state index < -0.39 is 5.41 Å². The molecule has 0 aliphatic carbocycles. The second-order valence-corrected chi connectivity index (χ2v) is 5.14. The lowest BCUT2D eigenvalue weighted by Crippen LogP contribution is -2.23. The van der Waals surface area contributed by atoms with Gasteiger partial charge in [0.25, 0.3) is 0 Å². The van der Waals surface area contributed by atoms with Gasteiger partial charge in [0.15, 0.2) is 5.96 Å². The Morgan fingerprint density at radius 1 is 1.29 bits per heavy atom. The van der Waals surface area contributed by atoms with Gasteiger partial charge in [-0.2, -0.15) is 0 Å². The topological polar surface area (TPSA) is 93.8 Å². The number of guanidine groups is 1. The molecule has 0 bridgehead atoms. The molecule has 1 aromatic rings. The average molecular weight is 284 g/mol. The van der Waals surface area contributed by atoms with Crippen molar-refractivity contribution in [3.63, 3.8) is 0 Å². The number of rotatable bonds is 6. The summed E-state index contributed by atoms with van der Waals surface area (Å²) in [5.74, 6) is 0.103. The molecule has 2 rings (SSSR count). The Morgan fingerprint density at radius 2 is 2.10 bits per heavy atom. The highest BCUT2D eigenvalue weighted by Gasteiger charge is 2.25. The molecule has 1 heterocycles. The summed E-state index contributed by atoms with van der Waals surface area (Å²) in [5, 5.41) is 0. The van der Waals surface area contributed by atoms with Gasteiger partial charge in [-0.1, -0.05) is 30.4 Å². The molecule has 5 heteroatoms. The van der Waals surface area contributed by atoms with Gasteiger partial charge < -0.3 is 16.3 Å². The molecular weight excluding hydrogens is 264 g/mol. The maximum Gasteiger partial charge on any atom is 0.185 e. The van der Waals surface area contributed by atoms with Crippen molar-refractivity contribution in [1.29, 1.82) is 0 Å². The molecule has 1 unspecified atom stereocenters. The molecule has 0 radical (unpaired) electrons. The van der Waals surface area contributed by atoms with Crippen molar-refractivity contribution >= 4 is 30.2 Å². The number of nitrogens with two attached hydrogens (primary N) is 2. The molecule has 1 aliphatic heterocycles. The van der Waals surface area contributed by atoms with Gasteiger partial charge in [0.2, 0.25) is 0 Å². The number of allylic oxidation sites excluding steroid dienone is 1. The number of carbonyl (C=O) groups excluding carboxylic acids is 1. The van der Waals surface area contributed by atoms with Crippen molar-refractivity contribution in [2.24, 2.45) is 26.9 Å². The first-order chi connectivity index (χ1) is 10.2. The minimum absolute atomic E-state index is 0.103. The van der Waals surface area contributed by atoms with E-state index >= 15 is 0 Å². The standard InChI is InChI=1S/C16H20N4O/c17-15(18)19-10-4-3-8-16(12-21)9-7-13-5-1-2-6-14(13)20-11-16/h1-2,5-7,9,11-12H,3-4,8,10H2,(H4,17,18,19). The molecule has 0 aromatic heterocycles. The summed E-state index contributed by atoms with van der Waals surface area (Å²) < 4.78 is 0. The van der Waals surface area contributed by atoms with E-state index in [-0.39, 0.29) is 5.96 Å². The van der Waals surface area contributed by atoms with Gasteiger partial charge in [-0.05, 0) is 30.9 Å². The van der Waals surface area contributed by atoms with Gasteiger partial charge in [0.1, 0.15) is 6.29 Å². The molecular formula is C16H20N4O. The van der Waals surface area contributed by atoms with E-state index in [0.717, 1.165) is 30.4 Å². The maximum absolute atomic E-state index is 11.5. The molecule has 21 heavy (non-hydrogen) atoms. The minimum atomic E-state index is -0.642. The lowest BCUT2D eigenvalue weighted by atomic mass is 9.85. The predicted octanol–water partition coefficient (Wildman–Crippen LogP) is 2.04. The fourth-order valence-corrected chi connectivity index (χ4v) is 2.25. The van der Waals surface area contributed by atoms with Crippen LogP contribution in [0.25, 0.3) is 6.08 Å². The Hall–Kier alpha value is -2.43. The summed E-state index contributed by atoms with van der Waals surface area (Å²) in [6.45, 7) is 0.582. The van der Waals surface area contributed by atoms with Crippen molar-refractivity contribution in [1.82, 2.24) is 0 Å². The molecule has 0 amide bonds. The van der Waals surface area contributed by atoms with Crippen molar-refractivity contribution in [2.45, 2.75) is 19.3 Å². The summed E-state index contributed by atoms with van der Waals surface area (Å²) >= 11 is 0. The summed E-state index contributed by atoms with van der Waals surface area (Å²) in [6, 6.07) is 7.83. The third-order valence-electron chi connectivity index (χ3n) is 3.49. The van der Waals surface area contributed by atoms with Crippen molar-refractivity contribution in [3.05, 3.63) is 35.9 Å². The normalized spacial score (nSPS) is 19.6. The van der Waals surface area contributed by atoms with Crippen LogP contribution in [0.4, 0.5) is 5.69 Å². The Kier molecular flexibility index (Phi) is 4.87. The highest BCUT2D eigenvalue weighted by molar-refractivity contribution is 5.94. The van der Waals surface area contributed by atoms with Crippen LogP contribution in [0.3, 0.4) is 0 Å². The molecule has 0 fully saturated rings. The molecule has 4 N–H and O–H groups in total. The fraction of sp³-hybridized carbons (Fsp3) is 0.312. The average Bonchev–Trinajstić information content (AvgIpc) is 2.67. The second kappa shape index (κ2) is 6.83. The highest BCUT2D eigenvalue weighted by atomic mass is 16.1. The Balaban J connectivity index is 2.03. The van der Waals surface area contributed by atoms with E-state index in [0.29, 0.717) is 13.0 Å². The van der Waals surface area contributed by atoms with Gasteiger partial charge in [-0.3, -0.25) is 9.98 Å². The maximum atomic E-state index is 11.5. The Bertz CT molecular complexity index is 553. The van der Waals surface area contributed by atoms with Gasteiger partial charge in [0.05, 0.1) is 11.1 Å². The zero-order valence-corrected chi connectivity index (χ0v) is 11.9. The first-order valence-electron chi connectivity index (χ1n) is 7.00. The van der Waals surface area contributed by atoms with Crippen LogP contribution in [0.1, 0.15) is 24.8 Å². The van der Waals surface area contributed by atoms with Gasteiger partial charge in [-0.15, -0.1) is 0 Å². The number of carbonyl (C=O) groups is 1. The van der Waals surface area contributed by atoms with Gasteiger partial charge >= 0.3 is 0 Å². The van der Waals surface area contributed by atoms with Crippen LogP contribution in [0, 0.1) is 5.41 Å². The first kappa shape index (κ1) is 15.0. The fourth-order valence-electron chi connectivity index (χ4n) is 2.25. The second-order valence-electron chi connectivity index (χ2n) is 5.14. The van der Waals surface area contributed by atoms with Crippen LogP contribution in [-0.2, 0) is 4.79 Å². The summed E-state index contributed by atoms with van der Waals surface area (Å²) in [6.07, 6.45) is 8.97. The highest BCUT2D eigenvalue weighted by Crippen LogP contribution is 2.30.